The van der Waals surface area contributed by atoms with Crippen LogP contribution in [0.2, 0.25) is 0 Å². The van der Waals surface area contributed by atoms with Gasteiger partial charge in [0.2, 0.25) is 5.91 Å². The highest BCUT2D eigenvalue weighted by Crippen LogP contribution is 2.32. The average molecular weight is 254 g/mol. The summed E-state index contributed by atoms with van der Waals surface area (Å²) in [6.07, 6.45) is 5.29. The Hall–Kier alpha value is -0.610. The van der Waals surface area contributed by atoms with Gasteiger partial charge in [-0.05, 0) is 50.6 Å². The lowest BCUT2D eigenvalue weighted by Crippen LogP contribution is -2.47. The molecule has 1 amide bonds. The molecule has 2 unspecified atom stereocenters. The minimum atomic E-state index is -0.196. The Labute approximate surface area is 110 Å². The Morgan fingerprint density at radius 2 is 2.00 bits per heavy atom. The van der Waals surface area contributed by atoms with E-state index in [4.69, 9.17) is 0 Å². The van der Waals surface area contributed by atoms with Gasteiger partial charge in [0, 0.05) is 18.6 Å². The lowest BCUT2D eigenvalue weighted by molar-refractivity contribution is -0.131. The number of amides is 1. The number of hydrogen-bond donors (Lipinski definition) is 3. The summed E-state index contributed by atoms with van der Waals surface area (Å²) in [5.74, 6) is 1.07. The van der Waals surface area contributed by atoms with Crippen LogP contribution in [0.3, 0.4) is 0 Å². The zero-order valence-corrected chi connectivity index (χ0v) is 11.4. The summed E-state index contributed by atoms with van der Waals surface area (Å²) in [6.45, 7) is 4.95. The van der Waals surface area contributed by atoms with Crippen molar-refractivity contribution in [3.63, 3.8) is 0 Å². The fourth-order valence-corrected chi connectivity index (χ4v) is 3.27. The molecule has 0 aromatic rings. The first-order chi connectivity index (χ1) is 8.65. The molecule has 1 aliphatic heterocycles. The number of carbonyl (C=O) groups excluding carboxylic acids is 1. The van der Waals surface area contributed by atoms with E-state index in [0.717, 1.165) is 45.3 Å². The van der Waals surface area contributed by atoms with Crippen LogP contribution in [0.25, 0.3) is 0 Å². The van der Waals surface area contributed by atoms with Gasteiger partial charge in [-0.25, -0.2) is 0 Å². The minimum absolute atomic E-state index is 0.196. The first-order valence-electron chi connectivity index (χ1n) is 7.25. The molecule has 1 aliphatic carbocycles. The first kappa shape index (κ1) is 13.8. The summed E-state index contributed by atoms with van der Waals surface area (Å²) >= 11 is 0. The van der Waals surface area contributed by atoms with Crippen LogP contribution in [0.4, 0.5) is 0 Å². The van der Waals surface area contributed by atoms with E-state index >= 15 is 0 Å². The largest absolute Gasteiger partial charge is 0.396 e. The van der Waals surface area contributed by atoms with Crippen LogP contribution in [0.1, 0.15) is 39.0 Å². The zero-order chi connectivity index (χ0) is 13.0. The average Bonchev–Trinajstić information content (AvgIpc) is 2.84. The molecular formula is C14H26N2O2. The molecule has 2 rings (SSSR count). The van der Waals surface area contributed by atoms with Crippen LogP contribution in [0.5, 0.6) is 0 Å². The lowest BCUT2D eigenvalue weighted by atomic mass is 9.80. The topological polar surface area (TPSA) is 61.4 Å². The molecule has 4 nitrogen and oxygen atoms in total. The van der Waals surface area contributed by atoms with Crippen molar-refractivity contribution in [1.82, 2.24) is 10.6 Å². The van der Waals surface area contributed by atoms with Gasteiger partial charge in [-0.15, -0.1) is 0 Å². The molecule has 1 heterocycles. The van der Waals surface area contributed by atoms with Gasteiger partial charge in [0.25, 0.3) is 0 Å². The number of aliphatic hydroxyl groups is 1. The van der Waals surface area contributed by atoms with E-state index < -0.39 is 0 Å². The maximum atomic E-state index is 12.3. The third-order valence-corrected chi connectivity index (χ3v) is 4.83. The predicted molar refractivity (Wildman–Crippen MR) is 71.1 cm³/mol. The maximum absolute atomic E-state index is 12.3. The number of rotatable bonds is 4. The predicted octanol–water partition coefficient (Wildman–Crippen LogP) is 0.901. The van der Waals surface area contributed by atoms with Gasteiger partial charge in [0.15, 0.2) is 0 Å². The maximum Gasteiger partial charge on any atom is 0.226 e. The molecule has 2 fully saturated rings. The second kappa shape index (κ2) is 6.02. The van der Waals surface area contributed by atoms with Gasteiger partial charge in [0.1, 0.15) is 0 Å². The van der Waals surface area contributed by atoms with Crippen LogP contribution < -0.4 is 10.6 Å². The summed E-state index contributed by atoms with van der Waals surface area (Å²) in [5, 5.41) is 15.7. The molecule has 4 heteroatoms. The van der Waals surface area contributed by atoms with E-state index in [0.29, 0.717) is 11.8 Å². The molecule has 3 N–H and O–H groups in total. The van der Waals surface area contributed by atoms with E-state index in [1.165, 1.54) is 6.42 Å². The van der Waals surface area contributed by atoms with Crippen molar-refractivity contribution < 1.29 is 9.90 Å². The molecule has 2 atom stereocenters. The van der Waals surface area contributed by atoms with Crippen molar-refractivity contribution >= 4 is 5.91 Å². The van der Waals surface area contributed by atoms with Gasteiger partial charge in [0.05, 0.1) is 0 Å². The summed E-state index contributed by atoms with van der Waals surface area (Å²) < 4.78 is 0. The Morgan fingerprint density at radius 1 is 1.33 bits per heavy atom. The van der Waals surface area contributed by atoms with Crippen LogP contribution in [0.15, 0.2) is 0 Å². The molecule has 1 saturated heterocycles. The molecular weight excluding hydrogens is 228 g/mol. The fourth-order valence-electron chi connectivity index (χ4n) is 3.27. The van der Waals surface area contributed by atoms with E-state index in [9.17, 15) is 9.90 Å². The van der Waals surface area contributed by atoms with Gasteiger partial charge >= 0.3 is 0 Å². The highest BCUT2D eigenvalue weighted by Gasteiger charge is 2.35. The summed E-state index contributed by atoms with van der Waals surface area (Å²) in [5.41, 5.74) is -0.196. The van der Waals surface area contributed by atoms with Crippen molar-refractivity contribution in [1.29, 1.82) is 0 Å². The molecule has 2 aliphatic rings. The second-order valence-corrected chi connectivity index (χ2v) is 6.15. The van der Waals surface area contributed by atoms with Crippen LogP contribution in [-0.2, 0) is 4.79 Å². The lowest BCUT2D eigenvalue weighted by Gasteiger charge is -2.33. The van der Waals surface area contributed by atoms with E-state index in [2.05, 4.69) is 17.6 Å². The van der Waals surface area contributed by atoms with Crippen molar-refractivity contribution in [3.8, 4) is 0 Å². The first-order valence-corrected chi connectivity index (χ1v) is 7.25. The molecule has 0 radical (unpaired) electrons. The standard InChI is InChI=1S/C14H26N2O2/c1-14(5-7-15-8-6-14)13(18)16-9-11-3-2-4-12(11)10-17/h11-12,15,17H,2-10H2,1H3,(H,16,18). The summed E-state index contributed by atoms with van der Waals surface area (Å²) in [6, 6.07) is 0. The number of piperidine rings is 1. The molecule has 0 spiro atoms. The Bertz CT molecular complexity index is 288. The minimum Gasteiger partial charge on any atom is -0.396 e. The number of hydrogen-bond acceptors (Lipinski definition) is 3. The van der Waals surface area contributed by atoms with Crippen LogP contribution >= 0.6 is 0 Å². The van der Waals surface area contributed by atoms with E-state index in [-0.39, 0.29) is 17.9 Å². The fraction of sp³-hybridized carbons (Fsp3) is 0.929. The molecule has 18 heavy (non-hydrogen) atoms. The van der Waals surface area contributed by atoms with Crippen LogP contribution in [-0.4, -0.2) is 37.3 Å². The third-order valence-electron chi connectivity index (χ3n) is 4.83. The van der Waals surface area contributed by atoms with Gasteiger partial charge in [-0.1, -0.05) is 13.3 Å². The Kier molecular flexibility index (Phi) is 4.62. The summed E-state index contributed by atoms with van der Waals surface area (Å²) in [4.78, 5) is 12.3. The third kappa shape index (κ3) is 3.04. The normalized spacial score (nSPS) is 31.2. The second-order valence-electron chi connectivity index (χ2n) is 6.15. The van der Waals surface area contributed by atoms with Gasteiger partial charge in [-0.2, -0.15) is 0 Å². The Morgan fingerprint density at radius 3 is 2.67 bits per heavy atom. The molecule has 0 bridgehead atoms. The number of nitrogens with one attached hydrogen (secondary N) is 2. The van der Waals surface area contributed by atoms with E-state index in [1.54, 1.807) is 0 Å². The van der Waals surface area contributed by atoms with E-state index in [1.807, 2.05) is 0 Å². The SMILES string of the molecule is CC1(C(=O)NCC2CCCC2CO)CCNCC1. The highest BCUT2D eigenvalue weighted by atomic mass is 16.3. The number of carbonyl (C=O) groups is 1. The zero-order valence-electron chi connectivity index (χ0n) is 11.4. The van der Waals surface area contributed by atoms with Crippen molar-refractivity contribution in [2.75, 3.05) is 26.2 Å². The number of aliphatic hydroxyl groups excluding tert-OH is 1. The quantitative estimate of drug-likeness (QED) is 0.698. The molecule has 104 valence electrons. The summed E-state index contributed by atoms with van der Waals surface area (Å²) in [7, 11) is 0. The van der Waals surface area contributed by atoms with Crippen molar-refractivity contribution in [3.05, 3.63) is 0 Å². The Balaban J connectivity index is 1.80. The molecule has 0 aromatic carbocycles. The van der Waals surface area contributed by atoms with Crippen molar-refractivity contribution in [2.45, 2.75) is 39.0 Å². The van der Waals surface area contributed by atoms with Gasteiger partial charge < -0.3 is 15.7 Å². The molecule has 1 saturated carbocycles. The van der Waals surface area contributed by atoms with Gasteiger partial charge in [-0.3, -0.25) is 4.79 Å². The monoisotopic (exact) mass is 254 g/mol. The van der Waals surface area contributed by atoms with Crippen molar-refractivity contribution in [2.24, 2.45) is 17.3 Å². The van der Waals surface area contributed by atoms with Crippen LogP contribution in [0, 0.1) is 17.3 Å². The molecule has 0 aromatic heterocycles. The smallest absolute Gasteiger partial charge is 0.226 e. The highest BCUT2D eigenvalue weighted by molar-refractivity contribution is 5.82.